The predicted molar refractivity (Wildman–Crippen MR) is 255 cm³/mol. The molecule has 10 aromatic carbocycles. The number of hydrogen-bond donors (Lipinski definition) is 0. The van der Waals surface area contributed by atoms with E-state index < -0.39 is 5.41 Å². The highest BCUT2D eigenvalue weighted by Gasteiger charge is 2.50. The molecule has 0 bridgehead atoms. The Balaban J connectivity index is 1.12. The first-order chi connectivity index (χ1) is 30.3. The molecule has 284 valence electrons. The Morgan fingerprint density at radius 2 is 0.820 bits per heavy atom. The average molecular weight is 775 g/mol. The van der Waals surface area contributed by atoms with Gasteiger partial charge in [0.25, 0.3) is 0 Å². The number of hydrogen-bond acceptors (Lipinski definition) is 1. The monoisotopic (exact) mass is 774 g/mol. The van der Waals surface area contributed by atoms with E-state index in [1.165, 1.54) is 88.2 Å². The highest BCUT2D eigenvalue weighted by atomic mass is 15.1. The van der Waals surface area contributed by atoms with Gasteiger partial charge in [-0.1, -0.05) is 170 Å². The summed E-state index contributed by atoms with van der Waals surface area (Å²) in [6, 6.07) is 85.2. The third-order valence-corrected chi connectivity index (χ3v) is 13.4. The van der Waals surface area contributed by atoms with Crippen LogP contribution in [-0.2, 0) is 5.41 Å². The van der Waals surface area contributed by atoms with Crippen molar-refractivity contribution in [1.29, 1.82) is 0 Å². The number of fused-ring (bicyclic) bond motifs is 7. The zero-order chi connectivity index (χ0) is 40.1. The van der Waals surface area contributed by atoms with Gasteiger partial charge in [0.05, 0.1) is 16.4 Å². The van der Waals surface area contributed by atoms with Gasteiger partial charge < -0.3 is 9.47 Å². The van der Waals surface area contributed by atoms with Gasteiger partial charge in [-0.05, 0) is 127 Å². The highest BCUT2D eigenvalue weighted by Crippen LogP contribution is 2.63. The molecule has 2 nitrogen and oxygen atoms in total. The van der Waals surface area contributed by atoms with Crippen molar-refractivity contribution in [3.63, 3.8) is 0 Å². The van der Waals surface area contributed by atoms with Crippen molar-refractivity contribution in [2.24, 2.45) is 0 Å². The van der Waals surface area contributed by atoms with E-state index in [9.17, 15) is 0 Å². The first-order valence-electron chi connectivity index (χ1n) is 21.2. The molecule has 2 aliphatic carbocycles. The molecule has 1 aromatic heterocycles. The lowest BCUT2D eigenvalue weighted by atomic mass is 9.63. The Hall–Kier alpha value is -7.94. The summed E-state index contributed by atoms with van der Waals surface area (Å²) < 4.78 is 2.50. The summed E-state index contributed by atoms with van der Waals surface area (Å²) in [5.41, 5.74) is 19.2. The average Bonchev–Trinajstić information content (AvgIpc) is 3.83. The maximum absolute atomic E-state index is 2.52. The van der Waals surface area contributed by atoms with Gasteiger partial charge in [-0.2, -0.15) is 0 Å². The largest absolute Gasteiger partial charge is 0.310 e. The summed E-state index contributed by atoms with van der Waals surface area (Å²) in [5.74, 6) is 0. The van der Waals surface area contributed by atoms with Crippen LogP contribution in [0.15, 0.2) is 231 Å². The fourth-order valence-electron chi connectivity index (χ4n) is 10.9. The van der Waals surface area contributed by atoms with Gasteiger partial charge in [0, 0.05) is 33.5 Å². The minimum absolute atomic E-state index is 0.550. The smallest absolute Gasteiger partial charge is 0.0727 e. The van der Waals surface area contributed by atoms with Crippen molar-refractivity contribution >= 4 is 49.6 Å². The fraction of sp³-hybridized carbons (Fsp3) is 0.0169. The van der Waals surface area contributed by atoms with E-state index in [0.717, 1.165) is 22.7 Å². The van der Waals surface area contributed by atoms with Gasteiger partial charge in [-0.15, -0.1) is 0 Å². The molecule has 0 radical (unpaired) electrons. The van der Waals surface area contributed by atoms with Gasteiger partial charge in [0.1, 0.15) is 0 Å². The van der Waals surface area contributed by atoms with Crippen LogP contribution in [0.5, 0.6) is 0 Å². The summed E-state index contributed by atoms with van der Waals surface area (Å²) in [4.78, 5) is 2.44. The zero-order valence-corrected chi connectivity index (χ0v) is 33.3. The van der Waals surface area contributed by atoms with Crippen LogP contribution in [0, 0.1) is 0 Å². The standard InChI is InChI=1S/C59H38N2/c1-4-15-39(16-5-1)41-27-32-45(33-28-41)60(44-19-8-3-9-20-44)47-37-43-31-36-55-58-56(43)53(38-47)59(50-23-12-10-21-48(50)49-22-11-13-24-51(49)59)52-25-14-26-54(57(52)58)61(55)46-34-29-42(30-35-46)40-17-6-2-7-18-40/h1-38H. The van der Waals surface area contributed by atoms with E-state index in [2.05, 4.69) is 240 Å². The van der Waals surface area contributed by atoms with Crippen LogP contribution in [0.3, 0.4) is 0 Å². The maximum Gasteiger partial charge on any atom is 0.0727 e. The van der Waals surface area contributed by atoms with Crippen LogP contribution in [0.25, 0.3) is 71.6 Å². The molecule has 2 aliphatic rings. The van der Waals surface area contributed by atoms with Gasteiger partial charge in [-0.25, -0.2) is 0 Å². The predicted octanol–water partition coefficient (Wildman–Crippen LogP) is 15.4. The number of benzene rings is 10. The lowest BCUT2D eigenvalue weighted by Gasteiger charge is -2.39. The molecule has 61 heavy (non-hydrogen) atoms. The number of anilines is 3. The molecule has 1 spiro atoms. The van der Waals surface area contributed by atoms with Crippen molar-refractivity contribution in [3.8, 4) is 39.1 Å². The molecule has 0 saturated heterocycles. The molecule has 0 atom stereocenters. The third kappa shape index (κ3) is 4.79. The second-order valence-corrected chi connectivity index (χ2v) is 16.4. The number of nitrogens with zero attached hydrogens (tertiary/aromatic N) is 2. The molecule has 0 saturated carbocycles. The van der Waals surface area contributed by atoms with E-state index in [0.29, 0.717) is 0 Å². The molecule has 0 fully saturated rings. The summed E-state index contributed by atoms with van der Waals surface area (Å²) in [6.07, 6.45) is 0. The number of para-hydroxylation sites is 1. The minimum atomic E-state index is -0.550. The van der Waals surface area contributed by atoms with Crippen LogP contribution in [-0.4, -0.2) is 4.57 Å². The van der Waals surface area contributed by atoms with E-state index in [1.807, 2.05) is 0 Å². The van der Waals surface area contributed by atoms with Crippen LogP contribution in [0.2, 0.25) is 0 Å². The van der Waals surface area contributed by atoms with Gasteiger partial charge in [0.2, 0.25) is 0 Å². The normalized spacial score (nSPS) is 13.0. The SMILES string of the molecule is c1ccc(-c2ccc(N(c3ccccc3)c3cc4c5c(ccc6c5c5c(cccc5n6-c5ccc(-c6ccccc6)cc5)C45c4ccccc4-c4ccccc45)c3)cc2)cc1. The molecular formula is C59H38N2. The second kappa shape index (κ2) is 13.0. The van der Waals surface area contributed by atoms with Gasteiger partial charge >= 0.3 is 0 Å². The molecule has 0 N–H and O–H groups in total. The molecule has 1 heterocycles. The Kier molecular flexibility index (Phi) is 7.26. The van der Waals surface area contributed by atoms with Gasteiger partial charge in [-0.3, -0.25) is 0 Å². The second-order valence-electron chi connectivity index (χ2n) is 16.4. The number of rotatable bonds is 6. The Morgan fingerprint density at radius 3 is 1.46 bits per heavy atom. The molecule has 0 amide bonds. The van der Waals surface area contributed by atoms with E-state index in [4.69, 9.17) is 0 Å². The van der Waals surface area contributed by atoms with Gasteiger partial charge in [0.15, 0.2) is 0 Å². The lowest BCUT2D eigenvalue weighted by molar-refractivity contribution is 0.783. The van der Waals surface area contributed by atoms with E-state index in [-0.39, 0.29) is 0 Å². The first-order valence-corrected chi connectivity index (χ1v) is 21.2. The molecule has 0 aliphatic heterocycles. The topological polar surface area (TPSA) is 8.17 Å². The van der Waals surface area contributed by atoms with Crippen LogP contribution < -0.4 is 4.90 Å². The summed E-state index contributed by atoms with van der Waals surface area (Å²) in [5, 5.41) is 5.21. The number of aromatic nitrogens is 1. The van der Waals surface area contributed by atoms with Crippen molar-refractivity contribution in [2.75, 3.05) is 4.90 Å². The Morgan fingerprint density at radius 1 is 0.311 bits per heavy atom. The Labute approximate surface area is 354 Å². The molecule has 13 rings (SSSR count). The maximum atomic E-state index is 2.52. The van der Waals surface area contributed by atoms with Crippen LogP contribution in [0.1, 0.15) is 22.3 Å². The third-order valence-electron chi connectivity index (χ3n) is 13.4. The molecular weight excluding hydrogens is 737 g/mol. The van der Waals surface area contributed by atoms with Crippen LogP contribution in [0.4, 0.5) is 17.1 Å². The summed E-state index contributed by atoms with van der Waals surface area (Å²) in [6.45, 7) is 0. The summed E-state index contributed by atoms with van der Waals surface area (Å²) in [7, 11) is 0. The van der Waals surface area contributed by atoms with E-state index in [1.54, 1.807) is 0 Å². The minimum Gasteiger partial charge on any atom is -0.310 e. The Bertz CT molecular complexity index is 3450. The van der Waals surface area contributed by atoms with E-state index >= 15 is 0 Å². The molecule has 2 heteroatoms. The molecule has 0 unspecified atom stereocenters. The van der Waals surface area contributed by atoms with Crippen molar-refractivity contribution in [3.05, 3.63) is 253 Å². The zero-order valence-electron chi connectivity index (χ0n) is 33.3. The first kappa shape index (κ1) is 34.0. The van der Waals surface area contributed by atoms with Crippen molar-refractivity contribution in [1.82, 2.24) is 4.57 Å². The highest BCUT2D eigenvalue weighted by molar-refractivity contribution is 6.27. The van der Waals surface area contributed by atoms with Crippen molar-refractivity contribution < 1.29 is 0 Å². The van der Waals surface area contributed by atoms with Crippen LogP contribution >= 0.6 is 0 Å². The summed E-state index contributed by atoms with van der Waals surface area (Å²) >= 11 is 0. The fourth-order valence-corrected chi connectivity index (χ4v) is 10.9. The van der Waals surface area contributed by atoms with Crippen molar-refractivity contribution in [2.45, 2.75) is 5.41 Å². The lowest BCUT2D eigenvalue weighted by Crippen LogP contribution is -2.31. The quantitative estimate of drug-likeness (QED) is 0.163. The molecule has 11 aromatic rings.